The maximum absolute atomic E-state index is 16.1. The molecule has 0 fully saturated rings. The molecule has 0 bridgehead atoms. The second kappa shape index (κ2) is 20.7. The van der Waals surface area contributed by atoms with E-state index in [4.69, 9.17) is 14.2 Å². The molecule has 1 aromatic carbocycles. The summed E-state index contributed by atoms with van der Waals surface area (Å²) in [5, 5.41) is 2.72. The van der Waals surface area contributed by atoms with E-state index in [1.807, 2.05) is 6.92 Å². The summed E-state index contributed by atoms with van der Waals surface area (Å²) in [6, 6.07) is 4.49. The van der Waals surface area contributed by atoms with E-state index in [0.29, 0.717) is 43.0 Å². The summed E-state index contributed by atoms with van der Waals surface area (Å²) in [4.78, 5) is 17.5. The van der Waals surface area contributed by atoms with Crippen molar-refractivity contribution < 1.29 is 23.4 Å². The van der Waals surface area contributed by atoms with E-state index < -0.39 is 11.8 Å². The first-order valence-electron chi connectivity index (χ1n) is 19.8. The molecule has 0 saturated heterocycles. The highest BCUT2D eigenvalue weighted by atomic mass is 32.1. The van der Waals surface area contributed by atoms with Crippen molar-refractivity contribution in [3.05, 3.63) is 32.6 Å². The Morgan fingerprint density at radius 2 is 1.19 bits per heavy atom. The molecule has 4 aromatic heterocycles. The van der Waals surface area contributed by atoms with Crippen LogP contribution in [0.1, 0.15) is 138 Å². The van der Waals surface area contributed by atoms with Gasteiger partial charge in [-0.1, -0.05) is 108 Å². The van der Waals surface area contributed by atoms with Crippen molar-refractivity contribution >= 4 is 90.0 Å². The van der Waals surface area contributed by atoms with Crippen LogP contribution >= 0.6 is 45.3 Å². The first kappa shape index (κ1) is 43.6. The topological polar surface area (TPSA) is 44.8 Å². The maximum Gasteiger partial charge on any atom is 0.351 e. The Kier molecular flexibility index (Phi) is 17.0. The quantitative estimate of drug-likeness (QED) is 0.0516. The van der Waals surface area contributed by atoms with Crippen molar-refractivity contribution in [2.45, 2.75) is 132 Å². The lowest BCUT2D eigenvalue weighted by Gasteiger charge is -2.19. The number of hydrogen-bond donors (Lipinski definition) is 0. The van der Waals surface area contributed by atoms with Crippen molar-refractivity contribution in [3.63, 3.8) is 0 Å². The first-order valence-corrected chi connectivity index (χ1v) is 23.1. The molecule has 0 aliphatic carbocycles. The number of benzene rings is 1. The van der Waals surface area contributed by atoms with Gasteiger partial charge in [-0.3, -0.25) is 0 Å². The minimum Gasteiger partial charge on any atom is -0.491 e. The third-order valence-corrected chi connectivity index (χ3v) is 15.3. The Hall–Kier alpha value is -2.14. The molecule has 3 atom stereocenters. The summed E-state index contributed by atoms with van der Waals surface area (Å²) < 4.78 is 38.6. The van der Waals surface area contributed by atoms with Gasteiger partial charge in [-0.25, -0.2) is 9.18 Å². The van der Waals surface area contributed by atoms with Crippen LogP contribution < -0.4 is 9.47 Å². The Balaban J connectivity index is 0.00000627. The van der Waals surface area contributed by atoms with Gasteiger partial charge in [0.15, 0.2) is 5.82 Å². The predicted molar refractivity (Wildman–Crippen MR) is 238 cm³/mol. The van der Waals surface area contributed by atoms with Crippen LogP contribution in [0.25, 0.3) is 40.0 Å². The molecule has 53 heavy (non-hydrogen) atoms. The Morgan fingerprint density at radius 1 is 0.679 bits per heavy atom. The first-order chi connectivity index (χ1) is 25.2. The molecule has 0 amide bonds. The van der Waals surface area contributed by atoms with Crippen LogP contribution in [0, 0.1) is 37.4 Å². The highest BCUT2D eigenvalue weighted by Crippen LogP contribution is 2.54. The van der Waals surface area contributed by atoms with Gasteiger partial charge >= 0.3 is 5.97 Å². The van der Waals surface area contributed by atoms with Gasteiger partial charge in [0, 0.05) is 30.8 Å². The van der Waals surface area contributed by atoms with Crippen LogP contribution in [0.4, 0.5) is 4.39 Å². The van der Waals surface area contributed by atoms with E-state index in [1.165, 1.54) is 41.9 Å². The molecular formula is C43H63BFO4S4-. The van der Waals surface area contributed by atoms with E-state index in [2.05, 4.69) is 60.6 Å². The highest BCUT2D eigenvalue weighted by molar-refractivity contribution is 7.31. The fraction of sp³-hybridized carbons (Fsp3) is 0.605. The Morgan fingerprint density at radius 3 is 1.72 bits per heavy atom. The molecule has 294 valence electrons. The zero-order valence-electron chi connectivity index (χ0n) is 32.6. The molecule has 0 saturated carbocycles. The minimum absolute atomic E-state index is 0. The zero-order chi connectivity index (χ0) is 37.4. The molecular weight excluding hydrogens is 739 g/mol. The van der Waals surface area contributed by atoms with E-state index in [9.17, 15) is 4.79 Å². The number of thiophene rings is 4. The number of hydrogen-bond acceptors (Lipinski definition) is 8. The van der Waals surface area contributed by atoms with E-state index in [0.717, 1.165) is 102 Å². The molecule has 4 heterocycles. The summed E-state index contributed by atoms with van der Waals surface area (Å²) in [6.45, 7) is 19.1. The van der Waals surface area contributed by atoms with Crippen LogP contribution in [0.15, 0.2) is 12.1 Å². The number of fused-ring (bicyclic) bond motifs is 3. The van der Waals surface area contributed by atoms with Crippen LogP contribution in [0.3, 0.4) is 0 Å². The van der Waals surface area contributed by atoms with E-state index in [1.54, 1.807) is 34.0 Å². The number of unbranched alkanes of at least 4 members (excludes halogenated alkanes) is 3. The molecule has 0 aliphatic heterocycles. The van der Waals surface area contributed by atoms with Gasteiger partial charge in [0.1, 0.15) is 16.4 Å². The fourth-order valence-corrected chi connectivity index (χ4v) is 11.8. The van der Waals surface area contributed by atoms with Crippen molar-refractivity contribution in [2.75, 3.05) is 19.8 Å². The molecule has 10 heteroatoms. The maximum atomic E-state index is 16.1. The van der Waals surface area contributed by atoms with Crippen molar-refractivity contribution in [3.8, 4) is 21.3 Å². The van der Waals surface area contributed by atoms with Gasteiger partial charge < -0.3 is 14.2 Å². The molecule has 0 spiro atoms. The van der Waals surface area contributed by atoms with Gasteiger partial charge in [-0.05, 0) is 63.0 Å². The van der Waals surface area contributed by atoms with Gasteiger partial charge in [-0.15, -0.1) is 45.3 Å². The van der Waals surface area contributed by atoms with E-state index in [-0.39, 0.29) is 13.3 Å². The van der Waals surface area contributed by atoms with Crippen molar-refractivity contribution in [1.82, 2.24) is 0 Å². The molecule has 5 aromatic rings. The summed E-state index contributed by atoms with van der Waals surface area (Å²) in [6.07, 6.45) is 13.4. The normalized spacial score (nSPS) is 13.5. The summed E-state index contributed by atoms with van der Waals surface area (Å²) in [5.41, 5.74) is 0. The average Bonchev–Trinajstić information content (AvgIpc) is 3.91. The standard InChI is InChI=1S/C43H59FO4S4.BH4/c1-9-15-18-28(12-4)23-46-36-31-21-26(7)49-38(31)37(47-24-29(13-5)19-16-10-2)32-22-33(51-39(32)36)40-41-34(27(8)50-40)35(44)42(52-41)43(45)48-25-30(14-6)20-17-11-3;/h21-22,28-30H,9-20,23-25H2,1-8H3;1H4/q;-1. The van der Waals surface area contributed by atoms with Crippen LogP contribution in [0.2, 0.25) is 0 Å². The number of carbonyl (C=O) groups is 1. The lowest BCUT2D eigenvalue weighted by molar-refractivity contribution is 0.0429. The summed E-state index contributed by atoms with van der Waals surface area (Å²) >= 11 is 6.31. The lowest BCUT2D eigenvalue weighted by atomic mass is 10.0. The van der Waals surface area contributed by atoms with Gasteiger partial charge in [-0.2, -0.15) is 0 Å². The second-order valence-corrected chi connectivity index (χ2v) is 19.1. The van der Waals surface area contributed by atoms with Crippen molar-refractivity contribution in [1.29, 1.82) is 0 Å². The molecule has 0 radical (unpaired) electrons. The summed E-state index contributed by atoms with van der Waals surface area (Å²) in [7, 11) is 0. The van der Waals surface area contributed by atoms with Crippen molar-refractivity contribution in [2.24, 2.45) is 17.8 Å². The van der Waals surface area contributed by atoms with E-state index >= 15 is 4.39 Å². The molecule has 0 aliphatic rings. The number of rotatable bonds is 22. The largest absolute Gasteiger partial charge is 0.491 e. The Labute approximate surface area is 335 Å². The average molecular weight is 802 g/mol. The Bertz CT molecular complexity index is 1840. The van der Waals surface area contributed by atoms with Crippen LogP contribution in [-0.2, 0) is 4.74 Å². The number of carbonyl (C=O) groups excluding carboxylic acids is 1. The fourth-order valence-electron chi connectivity index (χ4n) is 7.01. The molecule has 4 nitrogen and oxygen atoms in total. The van der Waals surface area contributed by atoms with Crippen LogP contribution in [-0.4, -0.2) is 34.2 Å². The number of ether oxygens (including phenoxy) is 3. The van der Waals surface area contributed by atoms with Gasteiger partial charge in [0.05, 0.1) is 38.8 Å². The predicted octanol–water partition coefficient (Wildman–Crippen LogP) is 13.9. The monoisotopic (exact) mass is 801 g/mol. The third-order valence-electron chi connectivity index (χ3n) is 10.6. The third kappa shape index (κ3) is 10.0. The smallest absolute Gasteiger partial charge is 0.351 e. The molecule has 5 rings (SSSR count). The summed E-state index contributed by atoms with van der Waals surface area (Å²) in [5.74, 6) is 2.16. The molecule has 0 N–H and O–H groups in total. The van der Waals surface area contributed by atoms with Crippen LogP contribution in [0.5, 0.6) is 11.5 Å². The lowest BCUT2D eigenvalue weighted by Crippen LogP contribution is -2.14. The number of halogens is 1. The number of esters is 1. The molecule has 3 unspecified atom stereocenters. The highest BCUT2D eigenvalue weighted by Gasteiger charge is 2.29. The van der Waals surface area contributed by atoms with Gasteiger partial charge in [0.2, 0.25) is 0 Å². The minimum atomic E-state index is -0.551. The zero-order valence-corrected chi connectivity index (χ0v) is 35.9. The van der Waals surface area contributed by atoms with Gasteiger partial charge in [0.25, 0.3) is 0 Å². The second-order valence-electron chi connectivity index (χ2n) is 14.5. The SMILES string of the molecule is CCCCC(CC)COC(=O)c1sc2c(-c3cc4c(OCC(CC)CCCC)c5sc(C)cc5c(OCC(CC)CCCC)c4s3)sc(C)c2c1F.[BH4-]. The number of aryl methyl sites for hydroxylation is 2.